The lowest BCUT2D eigenvalue weighted by atomic mass is 10.0. The minimum Gasteiger partial charge on any atom is -0.385 e. The first-order valence-corrected chi connectivity index (χ1v) is 4.90. The van der Waals surface area contributed by atoms with Gasteiger partial charge in [-0.15, -0.1) is 0 Å². The summed E-state index contributed by atoms with van der Waals surface area (Å²) in [6, 6.07) is 1.90. The molecule has 0 bridgehead atoms. The summed E-state index contributed by atoms with van der Waals surface area (Å²) in [7, 11) is 0. The van der Waals surface area contributed by atoms with Gasteiger partial charge in [0.1, 0.15) is 11.9 Å². The van der Waals surface area contributed by atoms with E-state index >= 15 is 0 Å². The van der Waals surface area contributed by atoms with Crippen LogP contribution < -0.4 is 5.73 Å². The molecule has 1 aromatic carbocycles. The van der Waals surface area contributed by atoms with E-state index in [9.17, 15) is 19.4 Å². The Morgan fingerprint density at radius 1 is 1.31 bits per heavy atom. The molecule has 88 valence electrons. The Labute approximate surface area is 100 Å². The summed E-state index contributed by atoms with van der Waals surface area (Å²) in [5, 5.41) is 18.4. The van der Waals surface area contributed by atoms with Crippen LogP contribution in [0.25, 0.3) is 0 Å². The van der Waals surface area contributed by atoms with E-state index in [4.69, 9.17) is 28.9 Å². The molecule has 0 aromatic heterocycles. The monoisotopic (exact) mass is 267 g/mol. The van der Waals surface area contributed by atoms with Crippen molar-refractivity contribution in [1.82, 2.24) is 0 Å². The summed E-state index contributed by atoms with van der Waals surface area (Å²) in [6.45, 7) is 0. The maximum atomic E-state index is 13.1. The number of hydrogen-bond donors (Lipinski definition) is 3. The molecule has 0 aliphatic carbocycles. The van der Waals surface area contributed by atoms with Gasteiger partial charge in [-0.25, -0.2) is 4.39 Å². The fourth-order valence-electron chi connectivity index (χ4n) is 1.09. The second-order valence-corrected chi connectivity index (χ2v) is 3.89. The number of rotatable bonds is 3. The van der Waals surface area contributed by atoms with Gasteiger partial charge in [-0.2, -0.15) is 0 Å². The van der Waals surface area contributed by atoms with E-state index in [0.717, 1.165) is 12.1 Å². The van der Waals surface area contributed by atoms with Crippen LogP contribution in [-0.2, 0) is 4.79 Å². The zero-order chi connectivity index (χ0) is 12.5. The minimum absolute atomic E-state index is 0.0702. The third kappa shape index (κ3) is 2.62. The number of hydrogen-bond acceptors (Lipinski definition) is 3. The van der Waals surface area contributed by atoms with E-state index in [1.165, 1.54) is 0 Å². The molecular weight excluding hydrogens is 260 g/mol. The molecule has 4 N–H and O–H groups in total. The summed E-state index contributed by atoms with van der Waals surface area (Å²) in [5.74, 6) is -1.96. The smallest absolute Gasteiger partial charge is 0.249 e. The number of aliphatic hydroxyl groups excluding tert-OH is 2. The quantitative estimate of drug-likeness (QED) is 0.715. The maximum absolute atomic E-state index is 13.1. The Hall–Kier alpha value is -0.880. The van der Waals surface area contributed by atoms with Crippen LogP contribution in [0.2, 0.25) is 10.0 Å². The average molecular weight is 268 g/mol. The van der Waals surface area contributed by atoms with Crippen LogP contribution in [0.1, 0.15) is 11.7 Å². The molecule has 0 spiro atoms. The van der Waals surface area contributed by atoms with Crippen LogP contribution in [-0.4, -0.2) is 22.2 Å². The zero-order valence-corrected chi connectivity index (χ0v) is 9.34. The number of amides is 1. The fraction of sp³-hybridized carbons (Fsp3) is 0.222. The number of benzene rings is 1. The lowest BCUT2D eigenvalue weighted by molar-refractivity contribution is -0.131. The van der Waals surface area contributed by atoms with Crippen molar-refractivity contribution in [3.63, 3.8) is 0 Å². The molecule has 7 heteroatoms. The van der Waals surface area contributed by atoms with Gasteiger partial charge in [0.2, 0.25) is 5.91 Å². The van der Waals surface area contributed by atoms with Crippen LogP contribution in [0, 0.1) is 5.82 Å². The highest BCUT2D eigenvalue weighted by atomic mass is 35.5. The molecule has 0 saturated carbocycles. The van der Waals surface area contributed by atoms with Crippen molar-refractivity contribution in [2.75, 3.05) is 0 Å². The Morgan fingerprint density at radius 2 is 1.88 bits per heavy atom. The Kier molecular flexibility index (Phi) is 4.09. The van der Waals surface area contributed by atoms with E-state index in [1.807, 2.05) is 0 Å². The summed E-state index contributed by atoms with van der Waals surface area (Å²) in [6.07, 6.45) is -3.56. The zero-order valence-electron chi connectivity index (χ0n) is 7.82. The molecular formula is C9H8Cl2FNO3. The molecule has 4 nitrogen and oxygen atoms in total. The molecule has 0 saturated heterocycles. The molecule has 0 fully saturated rings. The second-order valence-electron chi connectivity index (χ2n) is 3.08. The normalized spacial score (nSPS) is 14.6. The molecule has 1 amide bonds. The van der Waals surface area contributed by atoms with Gasteiger partial charge < -0.3 is 15.9 Å². The topological polar surface area (TPSA) is 83.6 Å². The first kappa shape index (κ1) is 13.2. The Morgan fingerprint density at radius 3 is 2.38 bits per heavy atom. The van der Waals surface area contributed by atoms with E-state index in [1.54, 1.807) is 0 Å². The average Bonchev–Trinajstić information content (AvgIpc) is 2.21. The van der Waals surface area contributed by atoms with Gasteiger partial charge in [-0.1, -0.05) is 23.2 Å². The van der Waals surface area contributed by atoms with Gasteiger partial charge in [0, 0.05) is 10.6 Å². The summed E-state index contributed by atoms with van der Waals surface area (Å²) >= 11 is 11.1. The van der Waals surface area contributed by atoms with Gasteiger partial charge in [-0.05, 0) is 12.1 Å². The van der Waals surface area contributed by atoms with Gasteiger partial charge >= 0.3 is 0 Å². The summed E-state index contributed by atoms with van der Waals surface area (Å²) < 4.78 is 13.1. The molecule has 0 heterocycles. The highest BCUT2D eigenvalue weighted by Gasteiger charge is 2.26. The lowest BCUT2D eigenvalue weighted by Gasteiger charge is -2.16. The van der Waals surface area contributed by atoms with Crippen molar-refractivity contribution in [2.45, 2.75) is 12.2 Å². The maximum Gasteiger partial charge on any atom is 0.249 e. The SMILES string of the molecule is NC(=O)C(O)C(O)c1cc(F)c(Cl)cc1Cl. The number of primary amides is 1. The first-order valence-electron chi connectivity index (χ1n) is 4.14. The molecule has 0 radical (unpaired) electrons. The van der Waals surface area contributed by atoms with Crippen molar-refractivity contribution in [3.8, 4) is 0 Å². The fourth-order valence-corrected chi connectivity index (χ4v) is 1.59. The Balaban J connectivity index is 3.13. The van der Waals surface area contributed by atoms with Crippen molar-refractivity contribution >= 4 is 29.1 Å². The highest BCUT2D eigenvalue weighted by molar-refractivity contribution is 6.35. The van der Waals surface area contributed by atoms with Crippen molar-refractivity contribution in [1.29, 1.82) is 0 Å². The molecule has 1 rings (SSSR count). The van der Waals surface area contributed by atoms with Gasteiger partial charge in [0.25, 0.3) is 0 Å². The van der Waals surface area contributed by atoms with Gasteiger partial charge in [-0.3, -0.25) is 4.79 Å². The minimum atomic E-state index is -1.86. The van der Waals surface area contributed by atoms with Crippen molar-refractivity contribution in [2.24, 2.45) is 5.73 Å². The number of nitrogens with two attached hydrogens (primary N) is 1. The van der Waals surface area contributed by atoms with Crippen LogP contribution in [0.4, 0.5) is 4.39 Å². The molecule has 16 heavy (non-hydrogen) atoms. The third-order valence-electron chi connectivity index (χ3n) is 1.95. The molecule has 1 aromatic rings. The number of carbonyl (C=O) groups excluding carboxylic acids is 1. The lowest BCUT2D eigenvalue weighted by Crippen LogP contribution is -2.34. The first-order chi connectivity index (χ1) is 7.34. The van der Waals surface area contributed by atoms with E-state index in [0.29, 0.717) is 0 Å². The largest absolute Gasteiger partial charge is 0.385 e. The molecule has 2 atom stereocenters. The third-order valence-corrected chi connectivity index (χ3v) is 2.57. The second kappa shape index (κ2) is 4.97. The van der Waals surface area contributed by atoms with E-state index in [2.05, 4.69) is 0 Å². The molecule has 0 aliphatic rings. The summed E-state index contributed by atoms with van der Waals surface area (Å²) in [5.41, 5.74) is 4.62. The molecule has 0 aliphatic heterocycles. The van der Waals surface area contributed by atoms with Crippen LogP contribution in [0.5, 0.6) is 0 Å². The van der Waals surface area contributed by atoms with Crippen LogP contribution in [0.15, 0.2) is 12.1 Å². The van der Waals surface area contributed by atoms with Crippen molar-refractivity contribution < 1.29 is 19.4 Å². The predicted octanol–water partition coefficient (Wildman–Crippen LogP) is 1.01. The van der Waals surface area contributed by atoms with E-state index in [-0.39, 0.29) is 15.6 Å². The predicted molar refractivity (Wildman–Crippen MR) is 56.6 cm³/mol. The Bertz CT molecular complexity index is 427. The van der Waals surface area contributed by atoms with E-state index < -0.39 is 23.9 Å². The van der Waals surface area contributed by atoms with Crippen molar-refractivity contribution in [3.05, 3.63) is 33.6 Å². The molecule has 2 unspecified atom stereocenters. The summed E-state index contributed by atoms with van der Waals surface area (Å²) in [4.78, 5) is 10.6. The number of carbonyl (C=O) groups is 1. The van der Waals surface area contributed by atoms with Crippen LogP contribution >= 0.6 is 23.2 Å². The van der Waals surface area contributed by atoms with Gasteiger partial charge in [0.05, 0.1) is 5.02 Å². The number of aliphatic hydroxyl groups is 2. The van der Waals surface area contributed by atoms with Crippen LogP contribution in [0.3, 0.4) is 0 Å². The number of halogens is 3. The highest BCUT2D eigenvalue weighted by Crippen LogP contribution is 2.30. The standard InChI is InChI=1S/C9H8Cl2FNO3/c10-4-2-5(11)6(12)1-3(4)7(14)8(15)9(13)16/h1-2,7-8,14-15H,(H2,13,16). The van der Waals surface area contributed by atoms with Gasteiger partial charge in [0.15, 0.2) is 6.10 Å².